The largest absolute Gasteiger partial charge is 0.389 e. The van der Waals surface area contributed by atoms with E-state index in [0.29, 0.717) is 25.8 Å². The van der Waals surface area contributed by atoms with E-state index in [1.165, 1.54) is 0 Å². The summed E-state index contributed by atoms with van der Waals surface area (Å²) in [6.45, 7) is 8.64. The normalized spacial score (nSPS) is 13.5. The maximum absolute atomic E-state index is 9.90. The molecule has 0 saturated carbocycles. The predicted octanol–water partition coefficient (Wildman–Crippen LogP) is 1.03. The first-order valence-electron chi connectivity index (χ1n) is 6.50. The van der Waals surface area contributed by atoms with Gasteiger partial charge in [-0.25, -0.2) is 0 Å². The second-order valence-electron chi connectivity index (χ2n) is 4.86. The number of rotatable bonds is 8. The highest BCUT2D eigenvalue weighted by molar-refractivity contribution is 5.03. The van der Waals surface area contributed by atoms with Gasteiger partial charge in [-0.1, -0.05) is 0 Å². The highest BCUT2D eigenvalue weighted by atomic mass is 16.5. The van der Waals surface area contributed by atoms with E-state index in [1.54, 1.807) is 4.68 Å². The van der Waals surface area contributed by atoms with Crippen molar-refractivity contribution < 1.29 is 9.84 Å². The summed E-state index contributed by atoms with van der Waals surface area (Å²) < 4.78 is 7.03. The highest BCUT2D eigenvalue weighted by Crippen LogP contribution is 2.08. The average molecular weight is 255 g/mol. The Morgan fingerprint density at radius 2 is 2.22 bits per heavy atom. The third-order valence-corrected chi connectivity index (χ3v) is 2.83. The molecular formula is C13H25N3O2. The molecule has 0 fully saturated rings. The summed E-state index contributed by atoms with van der Waals surface area (Å²) in [6, 6.07) is 0.376. The van der Waals surface area contributed by atoms with Gasteiger partial charge in [0.25, 0.3) is 0 Å². The molecule has 18 heavy (non-hydrogen) atoms. The smallest absolute Gasteiger partial charge is 0.0900 e. The zero-order valence-corrected chi connectivity index (χ0v) is 11.8. The van der Waals surface area contributed by atoms with Crippen molar-refractivity contribution in [2.45, 2.75) is 39.5 Å². The zero-order valence-electron chi connectivity index (χ0n) is 11.8. The lowest BCUT2D eigenvalue weighted by Gasteiger charge is -2.28. The second kappa shape index (κ2) is 7.51. The molecule has 0 aromatic carbocycles. The van der Waals surface area contributed by atoms with Gasteiger partial charge in [0.05, 0.1) is 18.9 Å². The van der Waals surface area contributed by atoms with Gasteiger partial charge in [-0.3, -0.25) is 9.58 Å². The minimum atomic E-state index is -0.441. The Morgan fingerprint density at radius 3 is 2.72 bits per heavy atom. The third-order valence-electron chi connectivity index (χ3n) is 2.83. The quantitative estimate of drug-likeness (QED) is 0.754. The molecule has 0 radical (unpaired) electrons. The summed E-state index contributed by atoms with van der Waals surface area (Å²) in [5.41, 5.74) is 1.16. The molecule has 1 aromatic rings. The Kier molecular flexibility index (Phi) is 6.32. The average Bonchev–Trinajstić information content (AvgIpc) is 2.71. The summed E-state index contributed by atoms with van der Waals surface area (Å²) in [6.07, 6.45) is 3.43. The van der Waals surface area contributed by atoms with Crippen molar-refractivity contribution in [1.29, 1.82) is 0 Å². The van der Waals surface area contributed by atoms with Gasteiger partial charge in [0.2, 0.25) is 0 Å². The van der Waals surface area contributed by atoms with Crippen LogP contribution in [0.5, 0.6) is 0 Å². The second-order valence-corrected chi connectivity index (χ2v) is 4.86. The van der Waals surface area contributed by atoms with Gasteiger partial charge in [0.15, 0.2) is 0 Å². The van der Waals surface area contributed by atoms with Crippen LogP contribution in [0.3, 0.4) is 0 Å². The molecule has 1 unspecified atom stereocenters. The van der Waals surface area contributed by atoms with E-state index in [0.717, 1.165) is 12.1 Å². The lowest BCUT2D eigenvalue weighted by Crippen LogP contribution is -2.38. The topological polar surface area (TPSA) is 50.5 Å². The van der Waals surface area contributed by atoms with E-state index in [2.05, 4.69) is 23.8 Å². The van der Waals surface area contributed by atoms with Crippen LogP contribution >= 0.6 is 0 Å². The van der Waals surface area contributed by atoms with Crippen LogP contribution in [0.1, 0.15) is 26.3 Å². The lowest BCUT2D eigenvalue weighted by atomic mass is 10.2. The number of hydrogen-bond acceptors (Lipinski definition) is 4. The predicted molar refractivity (Wildman–Crippen MR) is 71.3 cm³/mol. The van der Waals surface area contributed by atoms with Crippen LogP contribution in [0.4, 0.5) is 0 Å². The molecule has 1 atom stereocenters. The van der Waals surface area contributed by atoms with Crippen molar-refractivity contribution in [3.05, 3.63) is 18.0 Å². The van der Waals surface area contributed by atoms with Gasteiger partial charge in [-0.15, -0.1) is 0 Å². The van der Waals surface area contributed by atoms with Crippen molar-refractivity contribution >= 4 is 0 Å². The number of ether oxygens (including phenoxy) is 1. The Hall–Kier alpha value is -0.910. The summed E-state index contributed by atoms with van der Waals surface area (Å²) in [4.78, 5) is 2.22. The van der Waals surface area contributed by atoms with Crippen molar-refractivity contribution in [2.24, 2.45) is 7.05 Å². The van der Waals surface area contributed by atoms with Gasteiger partial charge in [0, 0.05) is 44.5 Å². The SMILES string of the molecule is CCOCC(O)CN(Cc1cnn(C)c1)C(C)C. The summed E-state index contributed by atoms with van der Waals surface area (Å²) in [7, 11) is 1.91. The van der Waals surface area contributed by atoms with Crippen LogP contribution in [0.25, 0.3) is 0 Å². The van der Waals surface area contributed by atoms with E-state index in [-0.39, 0.29) is 0 Å². The molecule has 5 heteroatoms. The van der Waals surface area contributed by atoms with Crippen molar-refractivity contribution in [1.82, 2.24) is 14.7 Å². The number of aliphatic hydroxyl groups excluding tert-OH is 1. The van der Waals surface area contributed by atoms with Crippen molar-refractivity contribution in [3.63, 3.8) is 0 Å². The maximum atomic E-state index is 9.90. The molecule has 1 rings (SSSR count). The molecule has 0 aliphatic heterocycles. The Morgan fingerprint density at radius 1 is 1.50 bits per heavy atom. The summed E-state index contributed by atoms with van der Waals surface area (Å²) >= 11 is 0. The van der Waals surface area contributed by atoms with E-state index < -0.39 is 6.10 Å². The molecule has 1 aromatic heterocycles. The van der Waals surface area contributed by atoms with Crippen LogP contribution in [-0.4, -0.2) is 51.7 Å². The number of nitrogens with zero attached hydrogens (tertiary/aromatic N) is 3. The molecule has 1 heterocycles. The fourth-order valence-corrected chi connectivity index (χ4v) is 1.82. The monoisotopic (exact) mass is 255 g/mol. The van der Waals surface area contributed by atoms with Gasteiger partial charge < -0.3 is 9.84 Å². The molecule has 0 amide bonds. The molecule has 0 bridgehead atoms. The minimum absolute atomic E-state index is 0.376. The molecule has 104 valence electrons. The van der Waals surface area contributed by atoms with Gasteiger partial charge in [-0.05, 0) is 20.8 Å². The molecule has 5 nitrogen and oxygen atoms in total. The van der Waals surface area contributed by atoms with Crippen LogP contribution in [0.15, 0.2) is 12.4 Å². The zero-order chi connectivity index (χ0) is 13.5. The number of aliphatic hydroxyl groups is 1. The molecule has 1 N–H and O–H groups in total. The first-order chi connectivity index (χ1) is 8.52. The molecule has 0 aliphatic carbocycles. The highest BCUT2D eigenvalue weighted by Gasteiger charge is 2.15. The van der Waals surface area contributed by atoms with Crippen LogP contribution in [0, 0.1) is 0 Å². The Bertz CT molecular complexity index is 339. The molecule has 0 aliphatic rings. The van der Waals surface area contributed by atoms with Crippen molar-refractivity contribution in [2.75, 3.05) is 19.8 Å². The summed E-state index contributed by atoms with van der Waals surface area (Å²) in [5, 5.41) is 14.1. The van der Waals surface area contributed by atoms with E-state index in [1.807, 2.05) is 26.4 Å². The lowest BCUT2D eigenvalue weighted by molar-refractivity contribution is 0.0133. The van der Waals surface area contributed by atoms with Gasteiger partial charge >= 0.3 is 0 Å². The number of hydrogen-bond donors (Lipinski definition) is 1. The van der Waals surface area contributed by atoms with E-state index in [9.17, 15) is 5.11 Å². The Labute approximate surface area is 109 Å². The first-order valence-corrected chi connectivity index (χ1v) is 6.50. The summed E-state index contributed by atoms with van der Waals surface area (Å²) in [5.74, 6) is 0. The van der Waals surface area contributed by atoms with Crippen LogP contribution < -0.4 is 0 Å². The fourth-order valence-electron chi connectivity index (χ4n) is 1.82. The maximum Gasteiger partial charge on any atom is 0.0900 e. The van der Waals surface area contributed by atoms with Gasteiger partial charge in [-0.2, -0.15) is 5.10 Å². The van der Waals surface area contributed by atoms with E-state index >= 15 is 0 Å². The van der Waals surface area contributed by atoms with Crippen molar-refractivity contribution in [3.8, 4) is 0 Å². The third kappa shape index (κ3) is 5.16. The van der Waals surface area contributed by atoms with Crippen LogP contribution in [-0.2, 0) is 18.3 Å². The number of aryl methyl sites for hydroxylation is 1. The van der Waals surface area contributed by atoms with Crippen LogP contribution in [0.2, 0.25) is 0 Å². The fraction of sp³-hybridized carbons (Fsp3) is 0.769. The molecule has 0 saturated heterocycles. The number of aromatic nitrogens is 2. The molecule has 0 spiro atoms. The van der Waals surface area contributed by atoms with Gasteiger partial charge in [0.1, 0.15) is 0 Å². The van der Waals surface area contributed by atoms with E-state index in [4.69, 9.17) is 4.74 Å². The first kappa shape index (κ1) is 15.1. The standard InChI is InChI=1S/C13H25N3O2/c1-5-18-10-13(17)9-16(11(2)3)8-12-6-14-15(4)7-12/h6-7,11,13,17H,5,8-10H2,1-4H3. The minimum Gasteiger partial charge on any atom is -0.389 e. The molecular weight excluding hydrogens is 230 g/mol. The Balaban J connectivity index is 2.49.